The molecular weight excluding hydrogens is 358 g/mol. The van der Waals surface area contributed by atoms with Gasteiger partial charge in [-0.1, -0.05) is 6.42 Å². The molecule has 0 bridgehead atoms. The molecule has 1 aromatic heterocycles. The second-order valence-electron chi connectivity index (χ2n) is 7.66. The first-order valence-corrected chi connectivity index (χ1v) is 10.4. The summed E-state index contributed by atoms with van der Waals surface area (Å²) in [5, 5.41) is 4.82. The highest BCUT2D eigenvalue weighted by Gasteiger charge is 2.22. The smallest absolute Gasteiger partial charge is 0.202 e. The first kappa shape index (κ1) is 18.4. The lowest BCUT2D eigenvalue weighted by atomic mass is 10.1. The molecule has 0 saturated carbocycles. The molecule has 2 aliphatic heterocycles. The number of piperazine rings is 1. The molecule has 0 unspecified atom stereocenters. The van der Waals surface area contributed by atoms with E-state index in [4.69, 9.17) is 17.3 Å². The van der Waals surface area contributed by atoms with E-state index < -0.39 is 0 Å². The van der Waals surface area contributed by atoms with Crippen molar-refractivity contribution in [2.24, 2.45) is 0 Å². The van der Waals surface area contributed by atoms with Gasteiger partial charge in [-0.15, -0.1) is 0 Å². The Labute approximate surface area is 165 Å². The van der Waals surface area contributed by atoms with Crippen molar-refractivity contribution in [3.8, 4) is 0 Å². The zero-order valence-electron chi connectivity index (χ0n) is 16.0. The van der Waals surface area contributed by atoms with Gasteiger partial charge in [0.15, 0.2) is 12.5 Å². The monoisotopic (exact) mass is 386 g/mol. The minimum atomic E-state index is 0.117. The number of quaternary nitrogens is 1. The Bertz CT molecular complexity index is 861. The van der Waals surface area contributed by atoms with Gasteiger partial charge in [0.25, 0.3) is 0 Å². The van der Waals surface area contributed by atoms with Crippen molar-refractivity contribution in [2.75, 3.05) is 31.1 Å². The zero-order valence-corrected chi connectivity index (χ0v) is 16.8. The third kappa shape index (κ3) is 3.99. The maximum atomic E-state index is 11.4. The van der Waals surface area contributed by atoms with Crippen LogP contribution in [0.5, 0.6) is 0 Å². The van der Waals surface area contributed by atoms with E-state index in [1.54, 1.807) is 6.92 Å². The summed E-state index contributed by atoms with van der Waals surface area (Å²) in [4.78, 5) is 15.4. The fourth-order valence-electron chi connectivity index (χ4n) is 4.09. The molecule has 0 spiro atoms. The molecule has 27 heavy (non-hydrogen) atoms. The van der Waals surface area contributed by atoms with Crippen LogP contribution in [0.1, 0.15) is 42.4 Å². The normalized spacial score (nSPS) is 18.2. The molecular formula is C20H28N5OS+. The molecule has 2 aliphatic rings. The lowest BCUT2D eigenvalue weighted by Crippen LogP contribution is -3.14. The predicted octanol–water partition coefficient (Wildman–Crippen LogP) is 1.71. The van der Waals surface area contributed by atoms with Crippen LogP contribution in [-0.4, -0.2) is 46.3 Å². The molecule has 0 atom stereocenters. The van der Waals surface area contributed by atoms with Crippen LogP contribution in [0.4, 0.5) is 5.69 Å². The number of anilines is 1. The summed E-state index contributed by atoms with van der Waals surface area (Å²) in [7, 11) is 0. The Morgan fingerprint density at radius 3 is 2.56 bits per heavy atom. The molecule has 144 valence electrons. The van der Waals surface area contributed by atoms with Gasteiger partial charge in [-0.3, -0.25) is 4.79 Å². The third-order valence-corrected chi connectivity index (χ3v) is 6.20. The maximum Gasteiger partial charge on any atom is 0.202 e. The first-order valence-electron chi connectivity index (χ1n) is 9.98. The van der Waals surface area contributed by atoms with Gasteiger partial charge in [0.1, 0.15) is 5.82 Å². The minimum absolute atomic E-state index is 0.117. The number of Topliss-reactive ketones (excluding diaryl/α,β-unsaturated/α-hetero) is 1. The number of hydrogen-bond donors (Lipinski definition) is 1. The SMILES string of the molecule is CC(=O)c1ccc(N2CC[NH+](Cn3nc4n(c3=S)CCCCC4)CC2)cc1. The van der Waals surface area contributed by atoms with Crippen LogP contribution in [-0.2, 0) is 19.6 Å². The topological polar surface area (TPSA) is 47.5 Å². The second-order valence-corrected chi connectivity index (χ2v) is 8.02. The number of benzene rings is 1. The van der Waals surface area contributed by atoms with E-state index in [1.807, 2.05) is 16.8 Å². The Morgan fingerprint density at radius 2 is 1.85 bits per heavy atom. The fraction of sp³-hybridized carbons (Fsp3) is 0.550. The van der Waals surface area contributed by atoms with Crippen LogP contribution in [0, 0.1) is 4.77 Å². The average Bonchev–Trinajstić information content (AvgIpc) is 2.85. The van der Waals surface area contributed by atoms with E-state index >= 15 is 0 Å². The summed E-state index contributed by atoms with van der Waals surface area (Å²) in [5.74, 6) is 1.28. The van der Waals surface area contributed by atoms with Crippen molar-refractivity contribution in [2.45, 2.75) is 45.8 Å². The average molecular weight is 387 g/mol. The van der Waals surface area contributed by atoms with Crippen molar-refractivity contribution in [1.29, 1.82) is 0 Å². The summed E-state index contributed by atoms with van der Waals surface area (Å²) in [6, 6.07) is 7.97. The molecule has 7 heteroatoms. The Balaban J connectivity index is 1.37. The summed E-state index contributed by atoms with van der Waals surface area (Å²) in [5.41, 5.74) is 1.97. The summed E-state index contributed by atoms with van der Waals surface area (Å²) in [6.45, 7) is 7.64. The molecule has 1 saturated heterocycles. The number of hydrogen-bond acceptors (Lipinski definition) is 4. The number of carbonyl (C=O) groups excluding carboxylic acids is 1. The van der Waals surface area contributed by atoms with Gasteiger partial charge in [-0.05, 0) is 56.2 Å². The van der Waals surface area contributed by atoms with Crippen LogP contribution in [0.2, 0.25) is 0 Å². The molecule has 1 aromatic carbocycles. The van der Waals surface area contributed by atoms with Gasteiger partial charge in [0, 0.05) is 24.2 Å². The van der Waals surface area contributed by atoms with E-state index in [9.17, 15) is 4.79 Å². The van der Waals surface area contributed by atoms with Gasteiger partial charge < -0.3 is 14.4 Å². The lowest BCUT2D eigenvalue weighted by molar-refractivity contribution is -0.924. The molecule has 2 aromatic rings. The molecule has 4 rings (SSSR count). The standard InChI is InChI=1S/C20H27N5OS/c1-16(26)17-6-8-18(9-7-17)23-13-11-22(12-14-23)15-25-20(27)24-10-4-2-3-5-19(24)21-25/h6-9H,2-5,10-15H2,1H3/p+1. The number of rotatable bonds is 4. The van der Waals surface area contributed by atoms with E-state index in [2.05, 4.69) is 21.6 Å². The molecule has 0 radical (unpaired) electrons. The fourth-order valence-corrected chi connectivity index (χ4v) is 4.39. The van der Waals surface area contributed by atoms with Crippen molar-refractivity contribution < 1.29 is 9.69 Å². The van der Waals surface area contributed by atoms with Crippen LogP contribution in [0.25, 0.3) is 0 Å². The van der Waals surface area contributed by atoms with Gasteiger partial charge in [0.05, 0.1) is 26.2 Å². The Morgan fingerprint density at radius 1 is 1.11 bits per heavy atom. The Hall–Kier alpha value is -1.99. The van der Waals surface area contributed by atoms with Crippen molar-refractivity contribution in [3.05, 3.63) is 40.4 Å². The number of aryl methyl sites for hydroxylation is 1. The van der Waals surface area contributed by atoms with Crippen molar-refractivity contribution >= 4 is 23.7 Å². The number of aromatic nitrogens is 3. The number of fused-ring (bicyclic) bond motifs is 1. The molecule has 0 amide bonds. The largest absolute Gasteiger partial charge is 0.360 e. The predicted molar refractivity (Wildman–Crippen MR) is 108 cm³/mol. The summed E-state index contributed by atoms with van der Waals surface area (Å²) < 4.78 is 5.18. The minimum Gasteiger partial charge on any atom is -0.360 e. The van der Waals surface area contributed by atoms with Crippen molar-refractivity contribution in [3.63, 3.8) is 0 Å². The summed E-state index contributed by atoms with van der Waals surface area (Å²) >= 11 is 5.69. The van der Waals surface area contributed by atoms with E-state index in [0.717, 1.165) is 56.1 Å². The Kier molecular flexibility index (Phi) is 5.41. The van der Waals surface area contributed by atoms with Gasteiger partial charge in [0.2, 0.25) is 4.77 Å². The van der Waals surface area contributed by atoms with E-state index in [1.165, 1.54) is 35.7 Å². The molecule has 6 nitrogen and oxygen atoms in total. The number of carbonyl (C=O) groups is 1. The first-order chi connectivity index (χ1) is 13.1. The van der Waals surface area contributed by atoms with Crippen LogP contribution in [0.15, 0.2) is 24.3 Å². The highest BCUT2D eigenvalue weighted by atomic mass is 32.1. The number of nitrogens with zero attached hydrogens (tertiary/aromatic N) is 4. The van der Waals surface area contributed by atoms with Crippen molar-refractivity contribution in [1.82, 2.24) is 14.3 Å². The van der Waals surface area contributed by atoms with Crippen LogP contribution >= 0.6 is 12.2 Å². The highest BCUT2D eigenvalue weighted by Crippen LogP contribution is 2.16. The van der Waals surface area contributed by atoms with E-state index in [0.29, 0.717) is 0 Å². The highest BCUT2D eigenvalue weighted by molar-refractivity contribution is 7.71. The quantitative estimate of drug-likeness (QED) is 0.642. The number of ketones is 1. The zero-order chi connectivity index (χ0) is 18.8. The molecule has 1 N–H and O–H groups in total. The third-order valence-electron chi connectivity index (χ3n) is 5.76. The van der Waals surface area contributed by atoms with Gasteiger partial charge in [-0.25, -0.2) is 0 Å². The van der Waals surface area contributed by atoms with Crippen LogP contribution < -0.4 is 9.80 Å². The molecule has 3 heterocycles. The van der Waals surface area contributed by atoms with Gasteiger partial charge in [-0.2, -0.15) is 9.78 Å². The maximum absolute atomic E-state index is 11.4. The summed E-state index contributed by atoms with van der Waals surface area (Å²) in [6.07, 6.45) is 4.76. The van der Waals surface area contributed by atoms with E-state index in [-0.39, 0.29) is 5.78 Å². The molecule has 0 aliphatic carbocycles. The second kappa shape index (κ2) is 7.94. The van der Waals surface area contributed by atoms with Crippen LogP contribution in [0.3, 0.4) is 0 Å². The lowest BCUT2D eigenvalue weighted by Gasteiger charge is -2.33. The van der Waals surface area contributed by atoms with Gasteiger partial charge >= 0.3 is 0 Å². The molecule has 1 fully saturated rings. The number of nitrogens with one attached hydrogen (secondary N) is 1.